The number of alkyl halides is 2. The van der Waals surface area contributed by atoms with Crippen LogP contribution in [-0.2, 0) is 0 Å². The Labute approximate surface area is 137 Å². The third-order valence-electron chi connectivity index (χ3n) is 5.92. The van der Waals surface area contributed by atoms with E-state index in [1.165, 1.54) is 24.0 Å². The monoisotopic (exact) mass is 320 g/mol. The molecule has 0 aromatic carbocycles. The van der Waals surface area contributed by atoms with E-state index in [-0.39, 0.29) is 9.75 Å². The maximum Gasteiger partial charge on any atom is 0.0681 e. The zero-order valence-corrected chi connectivity index (χ0v) is 13.8. The van der Waals surface area contributed by atoms with Crippen LogP contribution in [0, 0.1) is 11.8 Å². The van der Waals surface area contributed by atoms with Gasteiger partial charge in [-0.2, -0.15) is 0 Å². The first-order valence-corrected chi connectivity index (χ1v) is 8.99. The maximum atomic E-state index is 7.11. The molecule has 4 unspecified atom stereocenters. The summed E-state index contributed by atoms with van der Waals surface area (Å²) in [7, 11) is 0. The SMILES string of the molecule is ClC1(CC2(Cl)CCC3CC=CC=C32)CCC2CC=CC=C21. The highest BCUT2D eigenvalue weighted by Crippen LogP contribution is 2.57. The van der Waals surface area contributed by atoms with Crippen LogP contribution in [0.2, 0.25) is 0 Å². The normalized spacial score (nSPS) is 44.3. The second kappa shape index (κ2) is 5.03. The highest BCUT2D eigenvalue weighted by atomic mass is 35.5. The van der Waals surface area contributed by atoms with Crippen molar-refractivity contribution in [1.29, 1.82) is 0 Å². The zero-order chi connectivity index (χ0) is 14.5. The highest BCUT2D eigenvalue weighted by molar-refractivity contribution is 6.30. The fourth-order valence-electron chi connectivity index (χ4n) is 4.85. The predicted molar refractivity (Wildman–Crippen MR) is 90.9 cm³/mol. The molecule has 0 saturated heterocycles. The first kappa shape index (κ1) is 14.2. The first-order valence-electron chi connectivity index (χ1n) is 8.23. The van der Waals surface area contributed by atoms with Crippen LogP contribution < -0.4 is 0 Å². The molecular weight excluding hydrogens is 299 g/mol. The van der Waals surface area contributed by atoms with Crippen molar-refractivity contribution in [3.05, 3.63) is 47.6 Å². The Hall–Kier alpha value is -0.460. The van der Waals surface area contributed by atoms with E-state index in [0.29, 0.717) is 11.8 Å². The van der Waals surface area contributed by atoms with E-state index in [4.69, 9.17) is 23.2 Å². The molecule has 0 amide bonds. The van der Waals surface area contributed by atoms with Crippen molar-refractivity contribution in [3.63, 3.8) is 0 Å². The van der Waals surface area contributed by atoms with Crippen molar-refractivity contribution in [1.82, 2.24) is 0 Å². The minimum atomic E-state index is -0.214. The molecule has 0 spiro atoms. The van der Waals surface area contributed by atoms with Gasteiger partial charge in [-0.1, -0.05) is 36.5 Å². The van der Waals surface area contributed by atoms with Crippen LogP contribution in [-0.4, -0.2) is 9.75 Å². The van der Waals surface area contributed by atoms with Crippen LogP contribution in [0.15, 0.2) is 47.6 Å². The fraction of sp³-hybridized carbons (Fsp3) is 0.579. The number of halogens is 2. The van der Waals surface area contributed by atoms with Crippen LogP contribution in [0.1, 0.15) is 44.9 Å². The summed E-state index contributed by atoms with van der Waals surface area (Å²) in [6.45, 7) is 0. The van der Waals surface area contributed by atoms with Gasteiger partial charge < -0.3 is 0 Å². The van der Waals surface area contributed by atoms with Crippen molar-refractivity contribution in [2.24, 2.45) is 11.8 Å². The first-order chi connectivity index (χ1) is 10.1. The molecule has 2 fully saturated rings. The number of rotatable bonds is 2. The molecule has 0 aromatic rings. The van der Waals surface area contributed by atoms with Gasteiger partial charge in [-0.25, -0.2) is 0 Å². The van der Waals surface area contributed by atoms with Gasteiger partial charge in [-0.15, -0.1) is 23.2 Å². The Morgan fingerprint density at radius 2 is 1.33 bits per heavy atom. The van der Waals surface area contributed by atoms with Crippen LogP contribution >= 0.6 is 23.2 Å². The van der Waals surface area contributed by atoms with E-state index >= 15 is 0 Å². The molecule has 0 radical (unpaired) electrons. The van der Waals surface area contributed by atoms with Gasteiger partial charge >= 0.3 is 0 Å². The summed E-state index contributed by atoms with van der Waals surface area (Å²) in [5.74, 6) is 1.32. The zero-order valence-electron chi connectivity index (χ0n) is 12.3. The molecule has 0 nitrogen and oxygen atoms in total. The molecule has 0 N–H and O–H groups in total. The van der Waals surface area contributed by atoms with Crippen LogP contribution in [0.5, 0.6) is 0 Å². The molecule has 0 bridgehead atoms. The molecule has 2 saturated carbocycles. The molecule has 21 heavy (non-hydrogen) atoms. The molecule has 2 heteroatoms. The number of hydrogen-bond donors (Lipinski definition) is 0. The smallest absolute Gasteiger partial charge is 0.0681 e. The Kier molecular flexibility index (Phi) is 3.39. The predicted octanol–water partition coefficient (Wildman–Crippen LogP) is 5.92. The van der Waals surface area contributed by atoms with Crippen LogP contribution in [0.4, 0.5) is 0 Å². The van der Waals surface area contributed by atoms with Gasteiger partial charge in [0.15, 0.2) is 0 Å². The lowest BCUT2D eigenvalue weighted by Gasteiger charge is -2.35. The Morgan fingerprint density at radius 1 is 0.857 bits per heavy atom. The van der Waals surface area contributed by atoms with Crippen molar-refractivity contribution in [2.45, 2.75) is 54.7 Å². The van der Waals surface area contributed by atoms with E-state index in [1.807, 2.05) is 0 Å². The summed E-state index contributed by atoms with van der Waals surface area (Å²) in [5, 5.41) is 0. The van der Waals surface area contributed by atoms with Gasteiger partial charge in [-0.3, -0.25) is 0 Å². The number of allylic oxidation sites excluding steroid dienone is 8. The highest BCUT2D eigenvalue weighted by Gasteiger charge is 2.51. The van der Waals surface area contributed by atoms with Crippen molar-refractivity contribution < 1.29 is 0 Å². The minimum Gasteiger partial charge on any atom is -0.114 e. The van der Waals surface area contributed by atoms with Crippen LogP contribution in [0.3, 0.4) is 0 Å². The average molecular weight is 321 g/mol. The molecule has 0 heterocycles. The minimum absolute atomic E-state index is 0.214. The summed E-state index contributed by atoms with van der Waals surface area (Å²) in [6, 6.07) is 0. The summed E-state index contributed by atoms with van der Waals surface area (Å²) >= 11 is 14.2. The topological polar surface area (TPSA) is 0 Å². The van der Waals surface area contributed by atoms with Crippen molar-refractivity contribution in [3.8, 4) is 0 Å². The second-order valence-corrected chi connectivity index (χ2v) is 8.60. The molecule has 4 rings (SSSR count). The van der Waals surface area contributed by atoms with Crippen molar-refractivity contribution >= 4 is 23.2 Å². The third-order valence-corrected chi connectivity index (χ3v) is 7.00. The molecule has 4 atom stereocenters. The number of fused-ring (bicyclic) bond motifs is 2. The largest absolute Gasteiger partial charge is 0.114 e. The summed E-state index contributed by atoms with van der Waals surface area (Å²) < 4.78 is 0. The van der Waals surface area contributed by atoms with Crippen LogP contribution in [0.25, 0.3) is 0 Å². The van der Waals surface area contributed by atoms with E-state index in [2.05, 4.69) is 36.5 Å². The number of hydrogen-bond acceptors (Lipinski definition) is 0. The summed E-state index contributed by atoms with van der Waals surface area (Å²) in [4.78, 5) is -0.428. The molecular formula is C19H22Cl2. The lowest BCUT2D eigenvalue weighted by atomic mass is 9.80. The fourth-order valence-corrected chi connectivity index (χ4v) is 6.03. The van der Waals surface area contributed by atoms with Gasteiger partial charge in [-0.05, 0) is 67.9 Å². The van der Waals surface area contributed by atoms with E-state index in [0.717, 1.165) is 32.1 Å². The Morgan fingerprint density at radius 3 is 1.81 bits per heavy atom. The molecule has 4 aliphatic carbocycles. The molecule has 112 valence electrons. The maximum absolute atomic E-state index is 7.11. The van der Waals surface area contributed by atoms with Gasteiger partial charge in [0.05, 0.1) is 9.75 Å². The average Bonchev–Trinajstić information content (AvgIpc) is 3.00. The molecule has 0 aliphatic heterocycles. The second-order valence-electron chi connectivity index (χ2n) is 7.15. The van der Waals surface area contributed by atoms with Crippen molar-refractivity contribution in [2.75, 3.05) is 0 Å². The Bertz CT molecular complexity index is 518. The quantitative estimate of drug-likeness (QED) is 0.553. The standard InChI is InChI=1S/C19H22Cl2/c20-18(11-9-14-5-1-3-7-16(14)18)13-19(21)12-10-15-6-2-4-8-17(15)19/h1-4,7-8,14-15H,5-6,9-13H2. The lowest BCUT2D eigenvalue weighted by molar-refractivity contribution is 0.512. The van der Waals surface area contributed by atoms with E-state index in [1.54, 1.807) is 0 Å². The summed E-state index contributed by atoms with van der Waals surface area (Å²) in [5.41, 5.74) is 2.89. The third kappa shape index (κ3) is 2.26. The summed E-state index contributed by atoms with van der Waals surface area (Å²) in [6.07, 6.45) is 21.2. The lowest BCUT2D eigenvalue weighted by Crippen LogP contribution is -2.34. The van der Waals surface area contributed by atoms with E-state index < -0.39 is 0 Å². The molecule has 0 aromatic heterocycles. The van der Waals surface area contributed by atoms with Gasteiger partial charge in [0, 0.05) is 0 Å². The Balaban J connectivity index is 1.63. The van der Waals surface area contributed by atoms with Gasteiger partial charge in [0.1, 0.15) is 0 Å². The van der Waals surface area contributed by atoms with Gasteiger partial charge in [0.2, 0.25) is 0 Å². The van der Waals surface area contributed by atoms with E-state index in [9.17, 15) is 0 Å². The molecule has 4 aliphatic rings. The van der Waals surface area contributed by atoms with Gasteiger partial charge in [0.25, 0.3) is 0 Å².